The van der Waals surface area contributed by atoms with Gasteiger partial charge in [-0.3, -0.25) is 14.6 Å². The molecule has 2 aliphatic heterocycles. The van der Waals surface area contributed by atoms with E-state index in [1.54, 1.807) is 35.7 Å². The summed E-state index contributed by atoms with van der Waals surface area (Å²) in [4.78, 5) is 28.9. The predicted octanol–water partition coefficient (Wildman–Crippen LogP) is 1.95. The maximum atomic E-state index is 12.1. The van der Waals surface area contributed by atoms with Crippen molar-refractivity contribution in [3.8, 4) is 0 Å². The van der Waals surface area contributed by atoms with Gasteiger partial charge in [0.1, 0.15) is 0 Å². The molecule has 1 aromatic carbocycles. The zero-order valence-corrected chi connectivity index (χ0v) is 12.3. The van der Waals surface area contributed by atoms with Crippen LogP contribution in [0.4, 0.5) is 5.69 Å². The number of benzene rings is 1. The number of carbonyl (C=O) groups is 2. The average Bonchev–Trinajstić information content (AvgIpc) is 2.85. The maximum absolute atomic E-state index is 12.1. The fourth-order valence-electron chi connectivity index (χ4n) is 1.94. The third-order valence-corrected chi connectivity index (χ3v) is 4.88. The molecule has 0 spiro atoms. The molecular weight excluding hydrogens is 294 g/mol. The van der Waals surface area contributed by atoms with Crippen molar-refractivity contribution in [1.29, 1.82) is 0 Å². The average molecular weight is 307 g/mol. The molecule has 0 bridgehead atoms. The molecule has 2 amide bonds. The lowest BCUT2D eigenvalue weighted by atomic mass is 10.2. The van der Waals surface area contributed by atoms with Crippen LogP contribution >= 0.6 is 23.5 Å². The van der Waals surface area contributed by atoms with E-state index in [9.17, 15) is 9.59 Å². The first-order chi connectivity index (χ1) is 9.72. The first-order valence-electron chi connectivity index (χ1n) is 6.28. The van der Waals surface area contributed by atoms with Crippen LogP contribution in [0.2, 0.25) is 0 Å². The van der Waals surface area contributed by atoms with Crippen LogP contribution in [-0.4, -0.2) is 35.0 Å². The summed E-state index contributed by atoms with van der Waals surface area (Å²) in [6.07, 6.45) is 0.494. The molecule has 7 heteroatoms. The van der Waals surface area contributed by atoms with Gasteiger partial charge in [0.2, 0.25) is 5.91 Å². The number of amides is 2. The van der Waals surface area contributed by atoms with Gasteiger partial charge in [0.25, 0.3) is 5.91 Å². The number of fused-ring (bicyclic) bond motifs is 1. The molecule has 0 radical (unpaired) electrons. The van der Waals surface area contributed by atoms with E-state index in [0.717, 1.165) is 22.9 Å². The number of anilines is 1. The Labute approximate surface area is 125 Å². The van der Waals surface area contributed by atoms with Crippen LogP contribution in [-0.2, 0) is 4.79 Å². The Hall–Kier alpha value is -1.47. The van der Waals surface area contributed by atoms with Crippen molar-refractivity contribution in [1.82, 2.24) is 5.32 Å². The van der Waals surface area contributed by atoms with E-state index < -0.39 is 0 Å². The molecule has 0 aliphatic carbocycles. The summed E-state index contributed by atoms with van der Waals surface area (Å²) < 4.78 is 0. The van der Waals surface area contributed by atoms with Gasteiger partial charge in [-0.05, 0) is 18.2 Å². The number of hydrogen-bond acceptors (Lipinski definition) is 5. The van der Waals surface area contributed by atoms with Gasteiger partial charge in [-0.2, -0.15) is 0 Å². The Morgan fingerprint density at radius 2 is 2.20 bits per heavy atom. The predicted molar refractivity (Wildman–Crippen MR) is 82.6 cm³/mol. The Balaban J connectivity index is 1.80. The van der Waals surface area contributed by atoms with E-state index >= 15 is 0 Å². The van der Waals surface area contributed by atoms with Crippen LogP contribution in [0.3, 0.4) is 0 Å². The Bertz CT molecular complexity index is 601. The van der Waals surface area contributed by atoms with Crippen LogP contribution in [0.5, 0.6) is 0 Å². The van der Waals surface area contributed by atoms with Gasteiger partial charge in [0.15, 0.2) is 5.17 Å². The van der Waals surface area contributed by atoms with Crippen molar-refractivity contribution in [2.75, 3.05) is 23.4 Å². The van der Waals surface area contributed by atoms with Gasteiger partial charge in [-0.25, -0.2) is 0 Å². The second kappa shape index (κ2) is 5.88. The highest BCUT2D eigenvalue weighted by Gasteiger charge is 2.17. The maximum Gasteiger partial charge on any atom is 0.257 e. The van der Waals surface area contributed by atoms with E-state index in [2.05, 4.69) is 15.6 Å². The largest absolute Gasteiger partial charge is 0.325 e. The zero-order valence-electron chi connectivity index (χ0n) is 10.6. The Morgan fingerprint density at radius 1 is 1.30 bits per heavy atom. The molecule has 104 valence electrons. The SMILES string of the molecule is O=C1CCSc2ccc(C(=O)NC3=NCCS3)cc2N1. The molecule has 1 aromatic rings. The number of hydrogen-bond donors (Lipinski definition) is 2. The normalized spacial score (nSPS) is 17.8. The first-order valence-corrected chi connectivity index (χ1v) is 8.25. The monoisotopic (exact) mass is 307 g/mol. The van der Waals surface area contributed by atoms with E-state index in [1.807, 2.05) is 6.07 Å². The number of nitrogens with one attached hydrogen (secondary N) is 2. The summed E-state index contributed by atoms with van der Waals surface area (Å²) in [5.41, 5.74) is 1.24. The van der Waals surface area contributed by atoms with E-state index in [0.29, 0.717) is 22.8 Å². The number of aliphatic imine (C=N–C) groups is 1. The van der Waals surface area contributed by atoms with Gasteiger partial charge < -0.3 is 10.6 Å². The molecule has 0 unspecified atom stereocenters. The van der Waals surface area contributed by atoms with Crippen LogP contribution in [0.15, 0.2) is 28.1 Å². The van der Waals surface area contributed by atoms with Crippen LogP contribution in [0.25, 0.3) is 0 Å². The molecule has 0 saturated carbocycles. The molecule has 3 rings (SSSR count). The molecule has 2 heterocycles. The quantitative estimate of drug-likeness (QED) is 0.832. The summed E-state index contributed by atoms with van der Waals surface area (Å²) in [7, 11) is 0. The second-order valence-electron chi connectivity index (χ2n) is 4.35. The van der Waals surface area contributed by atoms with Gasteiger partial charge in [0.05, 0.1) is 12.2 Å². The van der Waals surface area contributed by atoms with Crippen molar-refractivity contribution in [2.24, 2.45) is 4.99 Å². The summed E-state index contributed by atoms with van der Waals surface area (Å²) in [5.74, 6) is 1.47. The van der Waals surface area contributed by atoms with Crippen molar-refractivity contribution in [3.05, 3.63) is 23.8 Å². The minimum absolute atomic E-state index is 0.00969. The molecule has 2 N–H and O–H groups in total. The summed E-state index contributed by atoms with van der Waals surface area (Å²) in [5, 5.41) is 6.29. The number of thioether (sulfide) groups is 2. The summed E-state index contributed by atoms with van der Waals surface area (Å²) in [6.45, 7) is 0.747. The topological polar surface area (TPSA) is 70.6 Å². The smallest absolute Gasteiger partial charge is 0.257 e. The van der Waals surface area contributed by atoms with E-state index in [-0.39, 0.29) is 11.8 Å². The molecule has 2 aliphatic rings. The standard InChI is InChI=1S/C13H13N3O2S2/c17-11-3-5-19-10-2-1-8(7-9(10)15-11)12(18)16-13-14-4-6-20-13/h1-2,7H,3-6H2,(H,15,17)(H,14,16,18). The number of carbonyl (C=O) groups excluding carboxylic acids is 2. The molecule has 0 aromatic heterocycles. The Kier molecular flexibility index (Phi) is 3.98. The van der Waals surface area contributed by atoms with Gasteiger partial charge >= 0.3 is 0 Å². The van der Waals surface area contributed by atoms with E-state index in [1.165, 1.54) is 0 Å². The lowest BCUT2D eigenvalue weighted by Gasteiger charge is -2.09. The number of rotatable bonds is 1. The lowest BCUT2D eigenvalue weighted by molar-refractivity contribution is -0.115. The third kappa shape index (κ3) is 2.99. The van der Waals surface area contributed by atoms with Crippen molar-refractivity contribution in [3.63, 3.8) is 0 Å². The molecule has 20 heavy (non-hydrogen) atoms. The van der Waals surface area contributed by atoms with Crippen LogP contribution in [0, 0.1) is 0 Å². The second-order valence-corrected chi connectivity index (χ2v) is 6.57. The van der Waals surface area contributed by atoms with Crippen molar-refractivity contribution in [2.45, 2.75) is 11.3 Å². The Morgan fingerprint density at radius 3 is 3.00 bits per heavy atom. The molecule has 0 atom stereocenters. The number of nitrogens with zero attached hydrogens (tertiary/aromatic N) is 1. The third-order valence-electron chi connectivity index (χ3n) is 2.91. The van der Waals surface area contributed by atoms with Gasteiger partial charge in [0, 0.05) is 28.4 Å². The molecule has 0 fully saturated rings. The van der Waals surface area contributed by atoms with Crippen molar-refractivity contribution >= 4 is 46.2 Å². The molecule has 0 saturated heterocycles. The fourth-order valence-corrected chi connectivity index (χ4v) is 3.60. The van der Waals surface area contributed by atoms with Gasteiger partial charge in [-0.15, -0.1) is 11.8 Å². The molecular formula is C13H13N3O2S2. The van der Waals surface area contributed by atoms with E-state index in [4.69, 9.17) is 0 Å². The minimum Gasteiger partial charge on any atom is -0.325 e. The lowest BCUT2D eigenvalue weighted by Crippen LogP contribution is -2.27. The highest BCUT2D eigenvalue weighted by molar-refractivity contribution is 8.14. The van der Waals surface area contributed by atoms with Crippen molar-refractivity contribution < 1.29 is 9.59 Å². The summed E-state index contributed by atoms with van der Waals surface area (Å²) in [6, 6.07) is 5.38. The highest BCUT2D eigenvalue weighted by atomic mass is 32.2. The highest BCUT2D eigenvalue weighted by Crippen LogP contribution is 2.31. The van der Waals surface area contributed by atoms with Crippen LogP contribution in [0.1, 0.15) is 16.8 Å². The zero-order chi connectivity index (χ0) is 13.9. The molecule has 5 nitrogen and oxygen atoms in total. The summed E-state index contributed by atoms with van der Waals surface area (Å²) >= 11 is 3.17. The first kappa shape index (κ1) is 13.5. The fraction of sp³-hybridized carbons (Fsp3) is 0.308. The van der Waals surface area contributed by atoms with Gasteiger partial charge in [-0.1, -0.05) is 11.8 Å². The van der Waals surface area contributed by atoms with Crippen LogP contribution < -0.4 is 10.6 Å². The number of amidine groups is 1. The minimum atomic E-state index is -0.190.